The van der Waals surface area contributed by atoms with Crippen LogP contribution in [0.25, 0.3) is 0 Å². The molecule has 1 aromatic rings. The zero-order valence-corrected chi connectivity index (χ0v) is 10.9. The van der Waals surface area contributed by atoms with Crippen molar-refractivity contribution < 1.29 is 9.90 Å². The van der Waals surface area contributed by atoms with E-state index in [1.54, 1.807) is 0 Å². The number of carboxylic acids is 1. The summed E-state index contributed by atoms with van der Waals surface area (Å²) in [5, 5.41) is 12.9. The van der Waals surface area contributed by atoms with Crippen LogP contribution in [-0.2, 0) is 11.2 Å². The summed E-state index contributed by atoms with van der Waals surface area (Å²) in [6.45, 7) is 3.70. The van der Waals surface area contributed by atoms with Crippen LogP contribution in [0.5, 0.6) is 0 Å². The standard InChI is InChI=1S/C15H21NO2/c1-12(11-13-5-3-2-4-6-13)15(14(17)18)7-9-16-10-8-15/h2-6,12,16H,7-11H2,1H3,(H,17,18). The summed E-state index contributed by atoms with van der Waals surface area (Å²) in [7, 11) is 0. The normalized spacial score (nSPS) is 20.3. The Labute approximate surface area is 108 Å². The van der Waals surface area contributed by atoms with E-state index in [1.165, 1.54) is 5.56 Å². The largest absolute Gasteiger partial charge is 0.481 e. The fourth-order valence-electron chi connectivity index (χ4n) is 2.95. The van der Waals surface area contributed by atoms with Gasteiger partial charge in [-0.25, -0.2) is 0 Å². The summed E-state index contributed by atoms with van der Waals surface area (Å²) in [4.78, 5) is 11.7. The predicted molar refractivity (Wildman–Crippen MR) is 71.5 cm³/mol. The van der Waals surface area contributed by atoms with E-state index in [0.717, 1.165) is 32.4 Å². The third-order valence-corrected chi connectivity index (χ3v) is 4.25. The van der Waals surface area contributed by atoms with Crippen molar-refractivity contribution in [2.24, 2.45) is 11.3 Å². The summed E-state index contributed by atoms with van der Waals surface area (Å²) in [5.41, 5.74) is 0.672. The third-order valence-electron chi connectivity index (χ3n) is 4.25. The van der Waals surface area contributed by atoms with Crippen molar-refractivity contribution in [2.45, 2.75) is 26.2 Å². The highest BCUT2D eigenvalue weighted by Gasteiger charge is 2.44. The molecule has 0 aliphatic carbocycles. The van der Waals surface area contributed by atoms with Crippen molar-refractivity contribution in [3.8, 4) is 0 Å². The number of rotatable bonds is 4. The first-order valence-corrected chi connectivity index (χ1v) is 6.63. The molecule has 2 rings (SSSR count). The Morgan fingerprint density at radius 1 is 1.33 bits per heavy atom. The average Bonchev–Trinajstić information content (AvgIpc) is 2.40. The monoisotopic (exact) mass is 247 g/mol. The molecule has 1 fully saturated rings. The second-order valence-electron chi connectivity index (χ2n) is 5.30. The molecule has 98 valence electrons. The van der Waals surface area contributed by atoms with E-state index in [2.05, 4.69) is 24.4 Å². The summed E-state index contributed by atoms with van der Waals surface area (Å²) in [6.07, 6.45) is 2.31. The molecule has 1 unspecified atom stereocenters. The second-order valence-corrected chi connectivity index (χ2v) is 5.30. The van der Waals surface area contributed by atoms with Crippen LogP contribution in [0.2, 0.25) is 0 Å². The minimum absolute atomic E-state index is 0.166. The predicted octanol–water partition coefficient (Wildman–Crippen LogP) is 2.32. The first-order valence-electron chi connectivity index (χ1n) is 6.63. The number of hydrogen-bond acceptors (Lipinski definition) is 2. The molecule has 0 radical (unpaired) electrons. The van der Waals surface area contributed by atoms with E-state index < -0.39 is 11.4 Å². The fraction of sp³-hybridized carbons (Fsp3) is 0.533. The Balaban J connectivity index is 2.13. The fourth-order valence-corrected chi connectivity index (χ4v) is 2.95. The highest BCUT2D eigenvalue weighted by Crippen LogP contribution is 2.39. The van der Waals surface area contributed by atoms with Crippen LogP contribution < -0.4 is 5.32 Å². The van der Waals surface area contributed by atoms with Gasteiger partial charge in [-0.15, -0.1) is 0 Å². The zero-order valence-electron chi connectivity index (χ0n) is 10.9. The van der Waals surface area contributed by atoms with Crippen LogP contribution in [0.1, 0.15) is 25.3 Å². The molecule has 1 aromatic carbocycles. The first kappa shape index (κ1) is 13.1. The molecule has 1 atom stereocenters. The Kier molecular flexibility index (Phi) is 4.02. The zero-order chi connectivity index (χ0) is 13.0. The Morgan fingerprint density at radius 3 is 2.50 bits per heavy atom. The molecular weight excluding hydrogens is 226 g/mol. The molecule has 0 saturated carbocycles. The highest BCUT2D eigenvalue weighted by molar-refractivity contribution is 5.75. The van der Waals surface area contributed by atoms with Gasteiger partial charge in [0.2, 0.25) is 0 Å². The van der Waals surface area contributed by atoms with Gasteiger partial charge in [-0.3, -0.25) is 4.79 Å². The molecule has 18 heavy (non-hydrogen) atoms. The van der Waals surface area contributed by atoms with Gasteiger partial charge in [0, 0.05) is 0 Å². The van der Waals surface area contributed by atoms with Gasteiger partial charge in [0.25, 0.3) is 0 Å². The summed E-state index contributed by atoms with van der Waals surface area (Å²) < 4.78 is 0. The maximum Gasteiger partial charge on any atom is 0.310 e. The topological polar surface area (TPSA) is 49.3 Å². The summed E-state index contributed by atoms with van der Waals surface area (Å²) in [6, 6.07) is 10.2. The number of carbonyl (C=O) groups is 1. The molecule has 0 amide bonds. The molecule has 3 heteroatoms. The van der Waals surface area contributed by atoms with Crippen molar-refractivity contribution in [1.29, 1.82) is 0 Å². The first-order chi connectivity index (χ1) is 8.65. The average molecular weight is 247 g/mol. The molecule has 1 saturated heterocycles. The van der Waals surface area contributed by atoms with Crippen molar-refractivity contribution in [3.63, 3.8) is 0 Å². The lowest BCUT2D eigenvalue weighted by Crippen LogP contribution is -2.46. The highest BCUT2D eigenvalue weighted by atomic mass is 16.4. The van der Waals surface area contributed by atoms with Crippen molar-refractivity contribution in [1.82, 2.24) is 5.32 Å². The smallest absolute Gasteiger partial charge is 0.310 e. The SMILES string of the molecule is CC(Cc1ccccc1)C1(C(=O)O)CCNCC1. The van der Waals surface area contributed by atoms with Crippen LogP contribution in [0, 0.1) is 11.3 Å². The van der Waals surface area contributed by atoms with E-state index in [4.69, 9.17) is 0 Å². The van der Waals surface area contributed by atoms with Crippen LogP contribution >= 0.6 is 0 Å². The van der Waals surface area contributed by atoms with Gasteiger partial charge in [0.1, 0.15) is 0 Å². The summed E-state index contributed by atoms with van der Waals surface area (Å²) in [5.74, 6) is -0.466. The number of piperidine rings is 1. The molecule has 0 spiro atoms. The molecule has 0 bridgehead atoms. The van der Waals surface area contributed by atoms with Crippen LogP contribution in [-0.4, -0.2) is 24.2 Å². The van der Waals surface area contributed by atoms with E-state index in [0.29, 0.717) is 0 Å². The van der Waals surface area contributed by atoms with E-state index >= 15 is 0 Å². The molecule has 1 heterocycles. The minimum Gasteiger partial charge on any atom is -0.481 e. The number of aliphatic carboxylic acids is 1. The quantitative estimate of drug-likeness (QED) is 0.858. The molecule has 0 aromatic heterocycles. The van der Waals surface area contributed by atoms with E-state index in [1.807, 2.05) is 18.2 Å². The van der Waals surface area contributed by atoms with Gasteiger partial charge in [-0.1, -0.05) is 37.3 Å². The lowest BCUT2D eigenvalue weighted by atomic mass is 9.68. The van der Waals surface area contributed by atoms with Crippen molar-refractivity contribution >= 4 is 5.97 Å². The molecule has 2 N–H and O–H groups in total. The van der Waals surface area contributed by atoms with E-state index in [9.17, 15) is 9.90 Å². The Morgan fingerprint density at radius 2 is 1.94 bits per heavy atom. The van der Waals surface area contributed by atoms with Gasteiger partial charge in [-0.05, 0) is 43.8 Å². The van der Waals surface area contributed by atoms with Crippen molar-refractivity contribution in [2.75, 3.05) is 13.1 Å². The Hall–Kier alpha value is -1.35. The second kappa shape index (κ2) is 5.53. The minimum atomic E-state index is -0.632. The molecular formula is C15H21NO2. The van der Waals surface area contributed by atoms with Crippen molar-refractivity contribution in [3.05, 3.63) is 35.9 Å². The number of benzene rings is 1. The maximum absolute atomic E-state index is 11.7. The lowest BCUT2D eigenvalue weighted by molar-refractivity contribution is -0.154. The van der Waals surface area contributed by atoms with Crippen LogP contribution in [0.4, 0.5) is 0 Å². The molecule has 1 aliphatic heterocycles. The van der Waals surface area contributed by atoms with Gasteiger partial charge < -0.3 is 10.4 Å². The molecule has 1 aliphatic rings. The summed E-state index contributed by atoms with van der Waals surface area (Å²) >= 11 is 0. The van der Waals surface area contributed by atoms with E-state index in [-0.39, 0.29) is 5.92 Å². The van der Waals surface area contributed by atoms with Gasteiger partial charge in [0.05, 0.1) is 5.41 Å². The number of nitrogens with one attached hydrogen (secondary N) is 1. The van der Waals surface area contributed by atoms with Gasteiger partial charge >= 0.3 is 5.97 Å². The van der Waals surface area contributed by atoms with Gasteiger partial charge in [0.15, 0.2) is 0 Å². The third kappa shape index (κ3) is 2.56. The van der Waals surface area contributed by atoms with Crippen LogP contribution in [0.3, 0.4) is 0 Å². The Bertz CT molecular complexity index is 396. The van der Waals surface area contributed by atoms with Gasteiger partial charge in [-0.2, -0.15) is 0 Å². The maximum atomic E-state index is 11.7. The molecule has 3 nitrogen and oxygen atoms in total. The number of carboxylic acid groups (broad SMARTS) is 1. The van der Waals surface area contributed by atoms with Crippen LogP contribution in [0.15, 0.2) is 30.3 Å². The lowest BCUT2D eigenvalue weighted by Gasteiger charge is -2.38. The number of hydrogen-bond donors (Lipinski definition) is 2.